The van der Waals surface area contributed by atoms with Crippen molar-refractivity contribution >= 4 is 0 Å². The first-order chi connectivity index (χ1) is 12.0. The van der Waals surface area contributed by atoms with Crippen LogP contribution < -0.4 is 11.2 Å². The minimum Gasteiger partial charge on any atom is -0.387 e. The van der Waals surface area contributed by atoms with Gasteiger partial charge in [-0.3, -0.25) is 14.3 Å². The van der Waals surface area contributed by atoms with Crippen LogP contribution in [0.25, 0.3) is 0 Å². The number of aryl methyl sites for hydroxylation is 1. The molecular formula is C17H19FN2O5. The Balaban J connectivity index is 1.68. The van der Waals surface area contributed by atoms with E-state index >= 15 is 0 Å². The van der Waals surface area contributed by atoms with Crippen molar-refractivity contribution in [3.05, 3.63) is 68.5 Å². The molecule has 0 radical (unpaired) electrons. The van der Waals surface area contributed by atoms with Crippen molar-refractivity contribution in [2.24, 2.45) is 0 Å². The Morgan fingerprint density at radius 3 is 2.76 bits per heavy atom. The molecular weight excluding hydrogens is 331 g/mol. The second-order valence-electron chi connectivity index (χ2n) is 5.98. The van der Waals surface area contributed by atoms with Gasteiger partial charge in [0, 0.05) is 11.8 Å². The standard InChI is InChI=1S/C17H19FN2O5/c1-10-7-20(17(23)19-15(10)22)16-13(18)14(21)12(25-16)9-24-8-11-5-3-2-4-6-11/h2-7,12-14,16,21H,8-9H2,1H3,(H,19,22,23)/t12-,13+,14-,16-/m1/s1. The van der Waals surface area contributed by atoms with Gasteiger partial charge in [0.05, 0.1) is 13.2 Å². The molecule has 0 bridgehead atoms. The first kappa shape index (κ1) is 17.5. The Hall–Kier alpha value is -2.29. The van der Waals surface area contributed by atoms with Crippen LogP contribution in [0, 0.1) is 6.92 Å². The lowest BCUT2D eigenvalue weighted by Gasteiger charge is -2.16. The van der Waals surface area contributed by atoms with Gasteiger partial charge in [-0.05, 0) is 12.5 Å². The predicted octanol–water partition coefficient (Wildman–Crippen LogP) is 0.658. The number of benzene rings is 1. The summed E-state index contributed by atoms with van der Waals surface area (Å²) in [5, 5.41) is 10.0. The van der Waals surface area contributed by atoms with E-state index in [9.17, 15) is 19.1 Å². The van der Waals surface area contributed by atoms with Crippen LogP contribution in [-0.2, 0) is 16.1 Å². The number of alkyl halides is 1. The van der Waals surface area contributed by atoms with Crippen LogP contribution in [0.15, 0.2) is 46.1 Å². The summed E-state index contributed by atoms with van der Waals surface area (Å²) < 4.78 is 26.3. The third kappa shape index (κ3) is 3.71. The Kier molecular flexibility index (Phi) is 5.12. The molecule has 3 rings (SSSR count). The zero-order chi connectivity index (χ0) is 18.0. The maximum atomic E-state index is 14.4. The van der Waals surface area contributed by atoms with E-state index < -0.39 is 35.9 Å². The van der Waals surface area contributed by atoms with Crippen molar-refractivity contribution in [1.29, 1.82) is 0 Å². The number of nitrogens with one attached hydrogen (secondary N) is 1. The van der Waals surface area contributed by atoms with E-state index in [4.69, 9.17) is 9.47 Å². The number of aliphatic hydroxyl groups excluding tert-OH is 1. The zero-order valence-corrected chi connectivity index (χ0v) is 13.6. The fraction of sp³-hybridized carbons (Fsp3) is 0.412. The molecule has 8 heteroatoms. The number of H-pyrrole nitrogens is 1. The highest BCUT2D eigenvalue weighted by Crippen LogP contribution is 2.31. The second kappa shape index (κ2) is 7.30. The number of aromatic amines is 1. The number of rotatable bonds is 5. The maximum Gasteiger partial charge on any atom is 0.330 e. The molecule has 2 heterocycles. The molecule has 1 aliphatic rings. The van der Waals surface area contributed by atoms with Gasteiger partial charge >= 0.3 is 5.69 Å². The molecule has 1 aliphatic heterocycles. The molecule has 25 heavy (non-hydrogen) atoms. The van der Waals surface area contributed by atoms with Crippen molar-refractivity contribution in [1.82, 2.24) is 9.55 Å². The fourth-order valence-electron chi connectivity index (χ4n) is 2.71. The van der Waals surface area contributed by atoms with Crippen LogP contribution in [0.5, 0.6) is 0 Å². The lowest BCUT2D eigenvalue weighted by Crippen LogP contribution is -2.36. The van der Waals surface area contributed by atoms with Crippen molar-refractivity contribution in [3.63, 3.8) is 0 Å². The van der Waals surface area contributed by atoms with Gasteiger partial charge in [-0.15, -0.1) is 0 Å². The molecule has 4 atom stereocenters. The van der Waals surface area contributed by atoms with Gasteiger partial charge in [-0.25, -0.2) is 9.18 Å². The topological polar surface area (TPSA) is 93.6 Å². The Bertz CT molecular complexity index is 835. The number of ether oxygens (including phenoxy) is 2. The molecule has 1 saturated heterocycles. The van der Waals surface area contributed by atoms with Crippen molar-refractivity contribution in [3.8, 4) is 0 Å². The van der Waals surface area contributed by atoms with E-state index in [1.165, 1.54) is 13.1 Å². The number of nitrogens with zero attached hydrogens (tertiary/aromatic N) is 1. The number of halogens is 1. The Labute approximate surface area is 142 Å². The third-order valence-corrected chi connectivity index (χ3v) is 4.11. The molecule has 0 amide bonds. The Morgan fingerprint density at radius 1 is 1.32 bits per heavy atom. The molecule has 2 aromatic rings. The summed E-state index contributed by atoms with van der Waals surface area (Å²) in [5.74, 6) is 0. The third-order valence-electron chi connectivity index (χ3n) is 4.11. The molecule has 0 aliphatic carbocycles. The quantitative estimate of drug-likeness (QED) is 0.826. The first-order valence-electron chi connectivity index (χ1n) is 7.88. The highest BCUT2D eigenvalue weighted by Gasteiger charge is 2.45. The van der Waals surface area contributed by atoms with E-state index in [0.29, 0.717) is 6.61 Å². The van der Waals surface area contributed by atoms with Crippen LogP contribution in [0.1, 0.15) is 17.4 Å². The SMILES string of the molecule is Cc1cn([C@@H]2O[C@H](COCc3ccccc3)[C@@H](O)[C@@H]2F)c(=O)[nH]c1=O. The van der Waals surface area contributed by atoms with Gasteiger partial charge in [0.2, 0.25) is 0 Å². The normalized spacial score (nSPS) is 26.0. The molecule has 0 saturated carbocycles. The molecule has 1 fully saturated rings. The molecule has 1 aromatic heterocycles. The average molecular weight is 350 g/mol. The van der Waals surface area contributed by atoms with Crippen molar-refractivity contribution in [2.75, 3.05) is 6.61 Å². The minimum atomic E-state index is -1.81. The summed E-state index contributed by atoms with van der Waals surface area (Å²) in [7, 11) is 0. The van der Waals surface area contributed by atoms with E-state index in [-0.39, 0.29) is 12.2 Å². The lowest BCUT2D eigenvalue weighted by molar-refractivity contribution is -0.0684. The van der Waals surface area contributed by atoms with Gasteiger partial charge in [-0.2, -0.15) is 0 Å². The molecule has 0 spiro atoms. The number of aliphatic hydroxyl groups is 1. The van der Waals surface area contributed by atoms with Crippen molar-refractivity contribution in [2.45, 2.75) is 38.1 Å². The highest BCUT2D eigenvalue weighted by molar-refractivity contribution is 5.13. The smallest absolute Gasteiger partial charge is 0.330 e. The zero-order valence-electron chi connectivity index (χ0n) is 13.6. The lowest BCUT2D eigenvalue weighted by atomic mass is 10.1. The monoisotopic (exact) mass is 350 g/mol. The number of aromatic nitrogens is 2. The summed E-state index contributed by atoms with van der Waals surface area (Å²) in [4.78, 5) is 25.4. The van der Waals surface area contributed by atoms with Crippen molar-refractivity contribution < 1.29 is 19.0 Å². The van der Waals surface area contributed by atoms with Crippen LogP contribution in [0.2, 0.25) is 0 Å². The van der Waals surface area contributed by atoms with Gasteiger partial charge in [0.15, 0.2) is 12.4 Å². The fourth-order valence-corrected chi connectivity index (χ4v) is 2.71. The number of hydrogen-bond donors (Lipinski definition) is 2. The van der Waals surface area contributed by atoms with Crippen LogP contribution in [0.4, 0.5) is 4.39 Å². The summed E-state index contributed by atoms with van der Waals surface area (Å²) >= 11 is 0. The first-order valence-corrected chi connectivity index (χ1v) is 7.88. The van der Waals surface area contributed by atoms with Gasteiger partial charge < -0.3 is 14.6 Å². The number of hydrogen-bond acceptors (Lipinski definition) is 5. The van der Waals surface area contributed by atoms with Gasteiger partial charge in [-0.1, -0.05) is 30.3 Å². The predicted molar refractivity (Wildman–Crippen MR) is 87.0 cm³/mol. The molecule has 2 N–H and O–H groups in total. The second-order valence-corrected chi connectivity index (χ2v) is 5.98. The van der Waals surface area contributed by atoms with E-state index in [1.54, 1.807) is 0 Å². The average Bonchev–Trinajstić information content (AvgIpc) is 2.88. The van der Waals surface area contributed by atoms with E-state index in [1.807, 2.05) is 30.3 Å². The molecule has 0 unspecified atom stereocenters. The summed E-state index contributed by atoms with van der Waals surface area (Å²) in [6, 6.07) is 9.40. The van der Waals surface area contributed by atoms with Gasteiger partial charge in [0.1, 0.15) is 12.2 Å². The maximum absolute atomic E-state index is 14.4. The summed E-state index contributed by atoms with van der Waals surface area (Å²) in [5.41, 5.74) is -0.149. The molecule has 1 aromatic carbocycles. The molecule has 134 valence electrons. The Morgan fingerprint density at radius 2 is 2.04 bits per heavy atom. The van der Waals surface area contributed by atoms with Crippen LogP contribution >= 0.6 is 0 Å². The largest absolute Gasteiger partial charge is 0.387 e. The van der Waals surface area contributed by atoms with E-state index in [2.05, 4.69) is 4.98 Å². The van der Waals surface area contributed by atoms with E-state index in [0.717, 1.165) is 10.1 Å². The van der Waals surface area contributed by atoms with Crippen LogP contribution in [0.3, 0.4) is 0 Å². The van der Waals surface area contributed by atoms with Crippen LogP contribution in [-0.4, -0.2) is 39.6 Å². The highest BCUT2D eigenvalue weighted by atomic mass is 19.1. The summed E-state index contributed by atoms with van der Waals surface area (Å²) in [6.45, 7) is 1.77. The summed E-state index contributed by atoms with van der Waals surface area (Å²) in [6.07, 6.45) is -4.25. The van der Waals surface area contributed by atoms with Gasteiger partial charge in [0.25, 0.3) is 5.56 Å². The molecule has 7 nitrogen and oxygen atoms in total. The minimum absolute atomic E-state index is 0.0237.